The van der Waals surface area contributed by atoms with Gasteiger partial charge in [-0.15, -0.1) is 0 Å². The molecule has 1 aromatic heterocycles. The number of aromatic nitrogens is 2. The Labute approximate surface area is 173 Å². The fourth-order valence-corrected chi connectivity index (χ4v) is 3.69. The maximum atomic E-state index is 12.3. The molecule has 28 heavy (non-hydrogen) atoms. The molecule has 0 bridgehead atoms. The van der Waals surface area contributed by atoms with Crippen molar-refractivity contribution in [2.24, 2.45) is 0 Å². The standard InChI is InChI=1S/C22H32N4OS/c1-6-26(7-2)15-19-10-8-9-18(13-19)14-23-21(27)12-11-20-16(3)24-22(28-5)25-17(20)4/h8-10,13H,6-7,11-12,14-15H2,1-5H3,(H,23,27). The molecule has 152 valence electrons. The lowest BCUT2D eigenvalue weighted by molar-refractivity contribution is -0.121. The van der Waals surface area contributed by atoms with Crippen LogP contribution in [-0.2, 0) is 24.3 Å². The zero-order chi connectivity index (χ0) is 20.5. The minimum Gasteiger partial charge on any atom is -0.352 e. The summed E-state index contributed by atoms with van der Waals surface area (Å²) in [6, 6.07) is 8.46. The first-order chi connectivity index (χ1) is 13.5. The largest absolute Gasteiger partial charge is 0.352 e. The van der Waals surface area contributed by atoms with E-state index in [2.05, 4.69) is 58.3 Å². The van der Waals surface area contributed by atoms with E-state index >= 15 is 0 Å². The van der Waals surface area contributed by atoms with Crippen molar-refractivity contribution in [1.29, 1.82) is 0 Å². The molecule has 2 rings (SSSR count). The second-order valence-corrected chi connectivity index (χ2v) is 7.69. The van der Waals surface area contributed by atoms with Crippen molar-refractivity contribution in [3.63, 3.8) is 0 Å². The van der Waals surface area contributed by atoms with Gasteiger partial charge in [-0.3, -0.25) is 9.69 Å². The fraction of sp³-hybridized carbons (Fsp3) is 0.500. The molecule has 5 nitrogen and oxygen atoms in total. The number of thioether (sulfide) groups is 1. The highest BCUT2D eigenvalue weighted by Gasteiger charge is 2.11. The molecule has 2 aromatic rings. The number of carbonyl (C=O) groups excluding carboxylic acids is 1. The van der Waals surface area contributed by atoms with E-state index in [1.54, 1.807) is 0 Å². The number of hydrogen-bond acceptors (Lipinski definition) is 5. The molecule has 0 aliphatic rings. The number of nitrogens with one attached hydrogen (secondary N) is 1. The maximum absolute atomic E-state index is 12.3. The van der Waals surface area contributed by atoms with E-state index in [1.807, 2.05) is 20.1 Å². The Hall–Kier alpha value is -1.92. The monoisotopic (exact) mass is 400 g/mol. The predicted molar refractivity (Wildman–Crippen MR) is 117 cm³/mol. The first-order valence-corrected chi connectivity index (χ1v) is 11.1. The summed E-state index contributed by atoms with van der Waals surface area (Å²) in [5, 5.41) is 3.83. The van der Waals surface area contributed by atoms with Gasteiger partial charge in [-0.1, -0.05) is 49.9 Å². The lowest BCUT2D eigenvalue weighted by Crippen LogP contribution is -2.24. The third kappa shape index (κ3) is 6.60. The second kappa shape index (κ2) is 11.2. The Morgan fingerprint density at radius 1 is 1.11 bits per heavy atom. The van der Waals surface area contributed by atoms with Gasteiger partial charge in [0.1, 0.15) is 0 Å². The van der Waals surface area contributed by atoms with Crippen LogP contribution in [0, 0.1) is 13.8 Å². The number of rotatable bonds is 10. The third-order valence-electron chi connectivity index (χ3n) is 4.97. The summed E-state index contributed by atoms with van der Waals surface area (Å²) in [6.45, 7) is 11.9. The van der Waals surface area contributed by atoms with E-state index in [1.165, 1.54) is 17.3 Å². The van der Waals surface area contributed by atoms with Crippen molar-refractivity contribution >= 4 is 17.7 Å². The summed E-state index contributed by atoms with van der Waals surface area (Å²) in [6.07, 6.45) is 3.08. The molecule has 0 radical (unpaired) electrons. The molecular formula is C22H32N4OS. The van der Waals surface area contributed by atoms with Gasteiger partial charge in [-0.05, 0) is 56.3 Å². The van der Waals surface area contributed by atoms with Crippen LogP contribution in [0.4, 0.5) is 0 Å². The van der Waals surface area contributed by atoms with Crippen molar-refractivity contribution in [3.8, 4) is 0 Å². The van der Waals surface area contributed by atoms with Gasteiger partial charge in [-0.2, -0.15) is 0 Å². The van der Waals surface area contributed by atoms with Gasteiger partial charge in [0.25, 0.3) is 0 Å². The lowest BCUT2D eigenvalue weighted by atomic mass is 10.1. The normalized spacial score (nSPS) is 11.1. The molecule has 6 heteroatoms. The van der Waals surface area contributed by atoms with Crippen molar-refractivity contribution in [1.82, 2.24) is 20.2 Å². The number of amides is 1. The zero-order valence-corrected chi connectivity index (χ0v) is 18.5. The predicted octanol–water partition coefficient (Wildman–Crippen LogP) is 3.91. The van der Waals surface area contributed by atoms with Crippen LogP contribution in [0.25, 0.3) is 0 Å². The van der Waals surface area contributed by atoms with Crippen LogP contribution in [0.2, 0.25) is 0 Å². The Morgan fingerprint density at radius 2 is 1.75 bits per heavy atom. The summed E-state index contributed by atoms with van der Waals surface area (Å²) in [7, 11) is 0. The summed E-state index contributed by atoms with van der Waals surface area (Å²) < 4.78 is 0. The molecule has 0 unspecified atom stereocenters. The first-order valence-electron chi connectivity index (χ1n) is 9.91. The quantitative estimate of drug-likeness (QED) is 0.484. The van der Waals surface area contributed by atoms with E-state index in [9.17, 15) is 4.79 Å². The van der Waals surface area contributed by atoms with Gasteiger partial charge in [-0.25, -0.2) is 9.97 Å². The number of aryl methyl sites for hydroxylation is 2. The molecule has 0 spiro atoms. The first kappa shape index (κ1) is 22.4. The summed E-state index contributed by atoms with van der Waals surface area (Å²) in [5.41, 5.74) is 5.43. The van der Waals surface area contributed by atoms with Crippen LogP contribution in [0.5, 0.6) is 0 Å². The Balaban J connectivity index is 1.88. The number of carbonyl (C=O) groups is 1. The van der Waals surface area contributed by atoms with Crippen LogP contribution in [0.3, 0.4) is 0 Å². The topological polar surface area (TPSA) is 58.1 Å². The molecule has 1 aromatic carbocycles. The highest BCUT2D eigenvalue weighted by Crippen LogP contribution is 2.17. The Morgan fingerprint density at radius 3 is 2.36 bits per heavy atom. The highest BCUT2D eigenvalue weighted by molar-refractivity contribution is 7.98. The van der Waals surface area contributed by atoms with E-state index in [-0.39, 0.29) is 5.91 Å². The molecule has 0 aliphatic carbocycles. The zero-order valence-electron chi connectivity index (χ0n) is 17.7. The number of nitrogens with zero attached hydrogens (tertiary/aromatic N) is 3. The molecule has 0 atom stereocenters. The van der Waals surface area contributed by atoms with Crippen LogP contribution < -0.4 is 5.32 Å². The van der Waals surface area contributed by atoms with Crippen molar-refractivity contribution < 1.29 is 4.79 Å². The van der Waals surface area contributed by atoms with Crippen molar-refractivity contribution in [3.05, 3.63) is 52.3 Å². The number of benzene rings is 1. The Bertz CT molecular complexity index is 767. The van der Waals surface area contributed by atoms with Crippen LogP contribution in [0.15, 0.2) is 29.4 Å². The van der Waals surface area contributed by atoms with E-state index in [0.29, 0.717) is 19.4 Å². The maximum Gasteiger partial charge on any atom is 0.220 e. The second-order valence-electron chi connectivity index (χ2n) is 6.92. The average molecular weight is 401 g/mol. The van der Waals surface area contributed by atoms with Crippen LogP contribution >= 0.6 is 11.8 Å². The molecular weight excluding hydrogens is 368 g/mol. The van der Waals surface area contributed by atoms with Crippen LogP contribution in [-0.4, -0.2) is 40.1 Å². The smallest absolute Gasteiger partial charge is 0.220 e. The molecule has 1 N–H and O–H groups in total. The number of hydrogen-bond donors (Lipinski definition) is 1. The molecule has 0 saturated carbocycles. The average Bonchev–Trinajstić information content (AvgIpc) is 2.69. The summed E-state index contributed by atoms with van der Waals surface area (Å²) in [5.74, 6) is 0.0573. The van der Waals surface area contributed by atoms with E-state index in [4.69, 9.17) is 0 Å². The van der Waals surface area contributed by atoms with Crippen molar-refractivity contribution in [2.75, 3.05) is 19.3 Å². The van der Waals surface area contributed by atoms with Gasteiger partial charge >= 0.3 is 0 Å². The van der Waals surface area contributed by atoms with Gasteiger partial charge in [0, 0.05) is 30.9 Å². The van der Waals surface area contributed by atoms with Gasteiger partial charge in [0.05, 0.1) is 0 Å². The van der Waals surface area contributed by atoms with Gasteiger partial charge in [0.2, 0.25) is 5.91 Å². The Kier molecular flexibility index (Phi) is 8.93. The SMILES string of the molecule is CCN(CC)Cc1cccc(CNC(=O)CCc2c(C)nc(SC)nc2C)c1. The van der Waals surface area contributed by atoms with E-state index in [0.717, 1.165) is 47.3 Å². The van der Waals surface area contributed by atoms with Gasteiger partial charge in [0.15, 0.2) is 5.16 Å². The van der Waals surface area contributed by atoms with Crippen molar-refractivity contribution in [2.45, 2.75) is 58.8 Å². The molecule has 0 aliphatic heterocycles. The molecule has 0 fully saturated rings. The highest BCUT2D eigenvalue weighted by atomic mass is 32.2. The molecule has 0 saturated heterocycles. The molecule has 1 amide bonds. The van der Waals surface area contributed by atoms with Crippen LogP contribution in [0.1, 0.15) is 48.3 Å². The minimum atomic E-state index is 0.0573. The lowest BCUT2D eigenvalue weighted by Gasteiger charge is -2.18. The summed E-state index contributed by atoms with van der Waals surface area (Å²) in [4.78, 5) is 23.7. The summed E-state index contributed by atoms with van der Waals surface area (Å²) >= 11 is 1.54. The minimum absolute atomic E-state index is 0.0573. The fourth-order valence-electron chi connectivity index (χ4n) is 3.23. The molecule has 1 heterocycles. The van der Waals surface area contributed by atoms with Gasteiger partial charge < -0.3 is 5.32 Å². The third-order valence-corrected chi connectivity index (χ3v) is 5.51. The van der Waals surface area contributed by atoms with E-state index < -0.39 is 0 Å².